The molecule has 0 aliphatic carbocycles. The van der Waals surface area contributed by atoms with Crippen molar-refractivity contribution in [2.75, 3.05) is 39.4 Å². The Balaban J connectivity index is 2.82. The first-order valence-corrected chi connectivity index (χ1v) is 7.49. The van der Waals surface area contributed by atoms with Crippen LogP contribution in [0.2, 0.25) is 0 Å². The van der Waals surface area contributed by atoms with Gasteiger partial charge in [-0.15, -0.1) is 0 Å². The van der Waals surface area contributed by atoms with Crippen molar-refractivity contribution < 1.29 is 24.9 Å². The molecule has 0 spiro atoms. The molecule has 1 fully saturated rings. The lowest BCUT2D eigenvalue weighted by molar-refractivity contribution is -0.152. The standard InChI is InChI=1S/C14H26N2O5/c1-2-4-14(12(19)20)5-3-6-16(11-14)13(21)15(7-9-17)8-10-18/h17-18H,2-11H2,1H3,(H,19,20). The maximum Gasteiger partial charge on any atom is 0.320 e. The number of aliphatic hydroxyl groups is 2. The van der Waals surface area contributed by atoms with Crippen LogP contribution in [0.1, 0.15) is 32.6 Å². The molecule has 0 aromatic heterocycles. The van der Waals surface area contributed by atoms with Crippen LogP contribution in [0, 0.1) is 5.41 Å². The summed E-state index contributed by atoms with van der Waals surface area (Å²) in [6, 6.07) is -0.306. The molecular formula is C14H26N2O5. The Kier molecular flexibility index (Phi) is 6.91. The summed E-state index contributed by atoms with van der Waals surface area (Å²) in [7, 11) is 0. The number of carboxylic acid groups (broad SMARTS) is 1. The summed E-state index contributed by atoms with van der Waals surface area (Å²) < 4.78 is 0. The van der Waals surface area contributed by atoms with Crippen molar-refractivity contribution in [1.29, 1.82) is 0 Å². The van der Waals surface area contributed by atoms with Gasteiger partial charge in [0.1, 0.15) is 0 Å². The first-order chi connectivity index (χ1) is 10.0. The Labute approximate surface area is 125 Å². The quantitative estimate of drug-likeness (QED) is 0.630. The van der Waals surface area contributed by atoms with E-state index in [1.54, 1.807) is 4.90 Å². The van der Waals surface area contributed by atoms with E-state index in [9.17, 15) is 14.7 Å². The van der Waals surface area contributed by atoms with Gasteiger partial charge in [0, 0.05) is 26.2 Å². The normalized spacial score (nSPS) is 22.1. The summed E-state index contributed by atoms with van der Waals surface area (Å²) in [5.41, 5.74) is -0.868. The molecule has 1 aliphatic heterocycles. The lowest BCUT2D eigenvalue weighted by atomic mass is 9.76. The molecule has 0 aromatic rings. The van der Waals surface area contributed by atoms with Crippen molar-refractivity contribution in [3.63, 3.8) is 0 Å². The minimum atomic E-state index is -0.868. The summed E-state index contributed by atoms with van der Waals surface area (Å²) >= 11 is 0. The summed E-state index contributed by atoms with van der Waals surface area (Å²) in [4.78, 5) is 27.0. The second-order valence-corrected chi connectivity index (χ2v) is 5.58. The number of hydrogen-bond acceptors (Lipinski definition) is 4. The number of amides is 2. The van der Waals surface area contributed by atoms with Gasteiger partial charge >= 0.3 is 12.0 Å². The molecule has 0 aromatic carbocycles. The maximum absolute atomic E-state index is 12.4. The van der Waals surface area contributed by atoms with Crippen LogP contribution in [-0.4, -0.2) is 76.5 Å². The molecule has 1 saturated heterocycles. The van der Waals surface area contributed by atoms with E-state index < -0.39 is 11.4 Å². The molecule has 0 bridgehead atoms. The fourth-order valence-corrected chi connectivity index (χ4v) is 3.00. The van der Waals surface area contributed by atoms with Gasteiger partial charge in [0.15, 0.2) is 0 Å². The number of carbonyl (C=O) groups excluding carboxylic acids is 1. The number of nitrogens with zero attached hydrogens (tertiary/aromatic N) is 2. The van der Waals surface area contributed by atoms with Crippen LogP contribution >= 0.6 is 0 Å². The highest BCUT2D eigenvalue weighted by Crippen LogP contribution is 2.35. The van der Waals surface area contributed by atoms with Crippen LogP contribution in [0.4, 0.5) is 4.79 Å². The monoisotopic (exact) mass is 302 g/mol. The van der Waals surface area contributed by atoms with Gasteiger partial charge in [-0.25, -0.2) is 4.79 Å². The highest BCUT2D eigenvalue weighted by Gasteiger charge is 2.43. The predicted molar refractivity (Wildman–Crippen MR) is 76.9 cm³/mol. The number of carboxylic acids is 1. The second kappa shape index (κ2) is 8.19. The van der Waals surface area contributed by atoms with E-state index in [-0.39, 0.29) is 38.9 Å². The minimum Gasteiger partial charge on any atom is -0.481 e. The Morgan fingerprint density at radius 2 is 1.86 bits per heavy atom. The third-order valence-corrected chi connectivity index (χ3v) is 4.04. The van der Waals surface area contributed by atoms with Crippen molar-refractivity contribution in [3.05, 3.63) is 0 Å². The van der Waals surface area contributed by atoms with Gasteiger partial charge < -0.3 is 25.1 Å². The predicted octanol–water partition coefficient (Wildman–Crippen LogP) is 0.360. The van der Waals surface area contributed by atoms with Gasteiger partial charge in [-0.1, -0.05) is 13.3 Å². The van der Waals surface area contributed by atoms with E-state index in [1.165, 1.54) is 4.90 Å². The third-order valence-electron chi connectivity index (χ3n) is 4.04. The summed E-state index contributed by atoms with van der Waals surface area (Å²) in [6.45, 7) is 2.58. The first kappa shape index (κ1) is 17.7. The molecule has 1 atom stereocenters. The molecule has 1 aliphatic rings. The average molecular weight is 302 g/mol. The van der Waals surface area contributed by atoms with Gasteiger partial charge in [0.05, 0.1) is 18.6 Å². The second-order valence-electron chi connectivity index (χ2n) is 5.58. The van der Waals surface area contributed by atoms with Crippen LogP contribution in [-0.2, 0) is 4.79 Å². The van der Waals surface area contributed by atoms with Gasteiger partial charge in [-0.3, -0.25) is 4.79 Å². The van der Waals surface area contributed by atoms with Crippen LogP contribution < -0.4 is 0 Å². The largest absolute Gasteiger partial charge is 0.481 e. The Hall–Kier alpha value is -1.34. The lowest BCUT2D eigenvalue weighted by Gasteiger charge is -2.41. The van der Waals surface area contributed by atoms with Crippen molar-refractivity contribution in [2.24, 2.45) is 5.41 Å². The van der Waals surface area contributed by atoms with E-state index >= 15 is 0 Å². The number of piperidine rings is 1. The number of carbonyl (C=O) groups is 2. The van der Waals surface area contributed by atoms with Crippen LogP contribution in [0.15, 0.2) is 0 Å². The third kappa shape index (κ3) is 4.31. The fourth-order valence-electron chi connectivity index (χ4n) is 3.00. The van der Waals surface area contributed by atoms with Gasteiger partial charge in [0.25, 0.3) is 0 Å². The average Bonchev–Trinajstić information content (AvgIpc) is 2.46. The topological polar surface area (TPSA) is 101 Å². The number of likely N-dealkylation sites (tertiary alicyclic amines) is 1. The highest BCUT2D eigenvalue weighted by atomic mass is 16.4. The Morgan fingerprint density at radius 1 is 1.24 bits per heavy atom. The van der Waals surface area contributed by atoms with Gasteiger partial charge in [0.2, 0.25) is 0 Å². The molecule has 7 heteroatoms. The van der Waals surface area contributed by atoms with Crippen LogP contribution in [0.3, 0.4) is 0 Å². The SMILES string of the molecule is CCCC1(C(=O)O)CCCN(C(=O)N(CCO)CCO)C1. The molecular weight excluding hydrogens is 276 g/mol. The van der Waals surface area contributed by atoms with Crippen LogP contribution in [0.5, 0.6) is 0 Å². The minimum absolute atomic E-state index is 0.143. The molecule has 2 amide bonds. The van der Waals surface area contributed by atoms with E-state index in [2.05, 4.69) is 0 Å². The van der Waals surface area contributed by atoms with Crippen molar-refractivity contribution in [1.82, 2.24) is 9.80 Å². The summed E-state index contributed by atoms with van der Waals surface area (Å²) in [5, 5.41) is 27.5. The van der Waals surface area contributed by atoms with Gasteiger partial charge in [-0.2, -0.15) is 0 Å². The number of hydrogen-bond donors (Lipinski definition) is 3. The van der Waals surface area contributed by atoms with E-state index in [0.29, 0.717) is 25.8 Å². The smallest absolute Gasteiger partial charge is 0.320 e. The molecule has 7 nitrogen and oxygen atoms in total. The van der Waals surface area contributed by atoms with Crippen LogP contribution in [0.25, 0.3) is 0 Å². The molecule has 122 valence electrons. The molecule has 21 heavy (non-hydrogen) atoms. The highest BCUT2D eigenvalue weighted by molar-refractivity contribution is 5.79. The number of aliphatic hydroxyl groups excluding tert-OH is 2. The zero-order chi connectivity index (χ0) is 15.9. The molecule has 3 N–H and O–H groups in total. The molecule has 0 saturated carbocycles. The first-order valence-electron chi connectivity index (χ1n) is 7.49. The number of aliphatic carboxylic acids is 1. The van der Waals surface area contributed by atoms with Crippen molar-refractivity contribution in [3.8, 4) is 0 Å². The molecule has 1 unspecified atom stereocenters. The number of urea groups is 1. The van der Waals surface area contributed by atoms with Crippen molar-refractivity contribution in [2.45, 2.75) is 32.6 Å². The Morgan fingerprint density at radius 3 is 2.33 bits per heavy atom. The lowest BCUT2D eigenvalue weighted by Crippen LogP contribution is -2.54. The van der Waals surface area contributed by atoms with Crippen molar-refractivity contribution >= 4 is 12.0 Å². The summed E-state index contributed by atoms with van der Waals surface area (Å²) in [5.74, 6) is -0.849. The molecule has 0 radical (unpaired) electrons. The van der Waals surface area contributed by atoms with E-state index in [0.717, 1.165) is 6.42 Å². The zero-order valence-corrected chi connectivity index (χ0v) is 12.6. The maximum atomic E-state index is 12.4. The number of rotatable bonds is 7. The van der Waals surface area contributed by atoms with Gasteiger partial charge in [-0.05, 0) is 19.3 Å². The molecule has 1 rings (SSSR count). The Bertz CT molecular complexity index is 353. The molecule has 1 heterocycles. The fraction of sp³-hybridized carbons (Fsp3) is 0.857. The zero-order valence-electron chi connectivity index (χ0n) is 12.6. The summed E-state index contributed by atoms with van der Waals surface area (Å²) in [6.07, 6.45) is 2.54. The van der Waals surface area contributed by atoms with E-state index in [1.807, 2.05) is 6.92 Å². The van der Waals surface area contributed by atoms with E-state index in [4.69, 9.17) is 10.2 Å².